The molecule has 1 atom stereocenters. The number of carbonyl (C=O) groups excluding carboxylic acids is 1. The molecule has 3 nitrogen and oxygen atoms in total. The molecule has 0 unspecified atom stereocenters. The molecule has 1 aliphatic rings. The molecule has 0 saturated heterocycles. The Morgan fingerprint density at radius 3 is 3.31 bits per heavy atom. The minimum absolute atomic E-state index is 0.123. The Hall–Kier alpha value is -0.870. The summed E-state index contributed by atoms with van der Waals surface area (Å²) in [5.41, 5.74) is 0.979. The first-order valence-electron chi connectivity index (χ1n) is 4.36. The van der Waals surface area contributed by atoms with Crippen LogP contribution in [0.2, 0.25) is 0 Å². The normalized spacial score (nSPS) is 21.9. The summed E-state index contributed by atoms with van der Waals surface area (Å²) in [4.78, 5) is 12.5. The second kappa shape index (κ2) is 3.47. The lowest BCUT2D eigenvalue weighted by atomic mass is 10.1. The zero-order valence-electron chi connectivity index (χ0n) is 7.46. The zero-order valence-corrected chi connectivity index (χ0v) is 8.28. The van der Waals surface area contributed by atoms with E-state index in [1.54, 1.807) is 11.3 Å². The van der Waals surface area contributed by atoms with Gasteiger partial charge in [-0.05, 0) is 24.9 Å². The largest absolute Gasteiger partial charge is 0.325 e. The van der Waals surface area contributed by atoms with Gasteiger partial charge < -0.3 is 10.6 Å². The fourth-order valence-corrected chi connectivity index (χ4v) is 2.59. The number of hydrogen-bond acceptors (Lipinski definition) is 3. The van der Waals surface area contributed by atoms with Crippen molar-refractivity contribution in [2.75, 3.05) is 12.4 Å². The number of thiophene rings is 1. The van der Waals surface area contributed by atoms with Gasteiger partial charge in [0.15, 0.2) is 0 Å². The standard InChI is InChI=1S/C9H12N2OS/c1-10-6-2-3-8(12)11-7-4-5-13-9(6)7/h4-6,10H,2-3H2,1H3,(H,11,12)/t6-/m0/s1. The van der Waals surface area contributed by atoms with Crippen molar-refractivity contribution in [3.63, 3.8) is 0 Å². The van der Waals surface area contributed by atoms with Gasteiger partial charge in [0.25, 0.3) is 0 Å². The number of nitrogens with one attached hydrogen (secondary N) is 2. The van der Waals surface area contributed by atoms with Crippen LogP contribution in [0.25, 0.3) is 0 Å². The maximum atomic E-state index is 11.3. The number of rotatable bonds is 1. The third-order valence-corrected chi connectivity index (χ3v) is 3.32. The van der Waals surface area contributed by atoms with Crippen LogP contribution in [0.15, 0.2) is 11.4 Å². The van der Waals surface area contributed by atoms with Crippen LogP contribution in [0.1, 0.15) is 23.8 Å². The molecule has 0 spiro atoms. The van der Waals surface area contributed by atoms with Gasteiger partial charge in [0.1, 0.15) is 0 Å². The van der Waals surface area contributed by atoms with Crippen molar-refractivity contribution >= 4 is 22.9 Å². The van der Waals surface area contributed by atoms with Crippen molar-refractivity contribution in [1.29, 1.82) is 0 Å². The molecule has 1 aromatic heterocycles. The summed E-state index contributed by atoms with van der Waals surface area (Å²) in [7, 11) is 1.93. The predicted octanol–water partition coefficient (Wildman–Crippen LogP) is 1.74. The van der Waals surface area contributed by atoms with Crippen LogP contribution in [-0.4, -0.2) is 13.0 Å². The highest BCUT2D eigenvalue weighted by atomic mass is 32.1. The SMILES string of the molecule is CN[C@H]1CCC(=O)Nc2ccsc21. The molecular formula is C9H12N2OS. The Labute approximate surface area is 81.2 Å². The van der Waals surface area contributed by atoms with E-state index < -0.39 is 0 Å². The lowest BCUT2D eigenvalue weighted by Crippen LogP contribution is -2.14. The summed E-state index contributed by atoms with van der Waals surface area (Å²) in [6.07, 6.45) is 1.49. The third-order valence-electron chi connectivity index (χ3n) is 2.29. The van der Waals surface area contributed by atoms with Crippen LogP contribution < -0.4 is 10.6 Å². The molecule has 0 bridgehead atoms. The maximum absolute atomic E-state index is 11.3. The fourth-order valence-electron chi connectivity index (χ4n) is 1.59. The van der Waals surface area contributed by atoms with E-state index in [9.17, 15) is 4.79 Å². The summed E-state index contributed by atoms with van der Waals surface area (Å²) >= 11 is 1.70. The van der Waals surface area contributed by atoms with E-state index in [-0.39, 0.29) is 5.91 Å². The number of carbonyl (C=O) groups is 1. The van der Waals surface area contributed by atoms with Crippen molar-refractivity contribution in [3.8, 4) is 0 Å². The highest BCUT2D eigenvalue weighted by molar-refractivity contribution is 7.10. The Morgan fingerprint density at radius 1 is 1.69 bits per heavy atom. The van der Waals surface area contributed by atoms with E-state index in [0.29, 0.717) is 12.5 Å². The Kier molecular flexibility index (Phi) is 2.33. The van der Waals surface area contributed by atoms with E-state index in [0.717, 1.165) is 12.1 Å². The number of fused-ring (bicyclic) bond motifs is 1. The molecule has 2 rings (SSSR count). The fraction of sp³-hybridized carbons (Fsp3) is 0.444. The van der Waals surface area contributed by atoms with Gasteiger partial charge in [-0.1, -0.05) is 0 Å². The van der Waals surface area contributed by atoms with E-state index in [4.69, 9.17) is 0 Å². The molecule has 70 valence electrons. The van der Waals surface area contributed by atoms with Gasteiger partial charge in [0.05, 0.1) is 5.69 Å². The van der Waals surface area contributed by atoms with Crippen molar-refractivity contribution in [3.05, 3.63) is 16.3 Å². The van der Waals surface area contributed by atoms with Crippen molar-refractivity contribution < 1.29 is 4.79 Å². The molecule has 0 radical (unpaired) electrons. The number of anilines is 1. The first-order chi connectivity index (χ1) is 6.31. The molecule has 0 aromatic carbocycles. The van der Waals surface area contributed by atoms with Crippen LogP contribution in [0, 0.1) is 0 Å². The van der Waals surface area contributed by atoms with Gasteiger partial charge in [-0.3, -0.25) is 4.79 Å². The van der Waals surface area contributed by atoms with Gasteiger partial charge >= 0.3 is 0 Å². The van der Waals surface area contributed by atoms with E-state index in [2.05, 4.69) is 10.6 Å². The summed E-state index contributed by atoms with van der Waals surface area (Å²) < 4.78 is 0. The zero-order chi connectivity index (χ0) is 9.26. The Balaban J connectivity index is 2.34. The summed E-state index contributed by atoms with van der Waals surface area (Å²) in [6.45, 7) is 0. The van der Waals surface area contributed by atoms with Gasteiger partial charge in [-0.25, -0.2) is 0 Å². The molecule has 13 heavy (non-hydrogen) atoms. The first-order valence-corrected chi connectivity index (χ1v) is 5.23. The van der Waals surface area contributed by atoms with E-state index in [1.807, 2.05) is 18.5 Å². The van der Waals surface area contributed by atoms with Gasteiger partial charge in [-0.15, -0.1) is 11.3 Å². The van der Waals surface area contributed by atoms with Crippen molar-refractivity contribution in [2.24, 2.45) is 0 Å². The number of amides is 1. The minimum atomic E-state index is 0.123. The summed E-state index contributed by atoms with van der Waals surface area (Å²) in [5, 5.41) is 8.14. The molecular weight excluding hydrogens is 184 g/mol. The predicted molar refractivity (Wildman–Crippen MR) is 54.0 cm³/mol. The lowest BCUT2D eigenvalue weighted by Gasteiger charge is -2.11. The monoisotopic (exact) mass is 196 g/mol. The Morgan fingerprint density at radius 2 is 2.54 bits per heavy atom. The molecule has 1 amide bonds. The second-order valence-corrected chi connectivity index (χ2v) is 4.07. The van der Waals surface area contributed by atoms with Crippen LogP contribution in [0.3, 0.4) is 0 Å². The molecule has 0 saturated carbocycles. The number of hydrogen-bond donors (Lipinski definition) is 2. The van der Waals surface area contributed by atoms with Crippen molar-refractivity contribution in [2.45, 2.75) is 18.9 Å². The van der Waals surface area contributed by atoms with Crippen LogP contribution in [0.4, 0.5) is 5.69 Å². The van der Waals surface area contributed by atoms with Crippen LogP contribution in [0.5, 0.6) is 0 Å². The lowest BCUT2D eigenvalue weighted by molar-refractivity contribution is -0.116. The Bertz CT molecular complexity index is 321. The minimum Gasteiger partial charge on any atom is -0.325 e. The molecule has 1 aromatic rings. The molecule has 2 heterocycles. The molecule has 1 aliphatic heterocycles. The van der Waals surface area contributed by atoms with E-state index in [1.165, 1.54) is 4.88 Å². The van der Waals surface area contributed by atoms with Crippen LogP contribution >= 0.6 is 11.3 Å². The first kappa shape index (κ1) is 8.72. The molecule has 0 aliphatic carbocycles. The topological polar surface area (TPSA) is 41.1 Å². The molecule has 0 fully saturated rings. The van der Waals surface area contributed by atoms with Gasteiger partial charge in [0, 0.05) is 17.3 Å². The van der Waals surface area contributed by atoms with Crippen LogP contribution in [-0.2, 0) is 4.79 Å². The summed E-state index contributed by atoms with van der Waals surface area (Å²) in [5.74, 6) is 0.123. The van der Waals surface area contributed by atoms with Gasteiger partial charge in [0.2, 0.25) is 5.91 Å². The average molecular weight is 196 g/mol. The second-order valence-electron chi connectivity index (χ2n) is 3.13. The average Bonchev–Trinajstić information content (AvgIpc) is 2.49. The highest BCUT2D eigenvalue weighted by Gasteiger charge is 2.21. The third kappa shape index (κ3) is 1.59. The van der Waals surface area contributed by atoms with Crippen molar-refractivity contribution in [1.82, 2.24) is 5.32 Å². The molecule has 4 heteroatoms. The maximum Gasteiger partial charge on any atom is 0.224 e. The summed E-state index contributed by atoms with van der Waals surface area (Å²) in [6, 6.07) is 2.29. The molecule has 2 N–H and O–H groups in total. The van der Waals surface area contributed by atoms with E-state index >= 15 is 0 Å². The highest BCUT2D eigenvalue weighted by Crippen LogP contribution is 2.33. The quantitative estimate of drug-likeness (QED) is 0.718. The van der Waals surface area contributed by atoms with Gasteiger partial charge in [-0.2, -0.15) is 0 Å². The smallest absolute Gasteiger partial charge is 0.224 e.